The molecule has 0 fully saturated rings. The van der Waals surface area contributed by atoms with E-state index in [4.69, 9.17) is 0 Å². The number of phenols is 4. The quantitative estimate of drug-likeness (QED) is 0.136. The number of hydrogen-bond donors (Lipinski definition) is 4. The molecule has 0 heterocycles. The topological polar surface area (TPSA) is 80.9 Å². The van der Waals surface area contributed by atoms with Gasteiger partial charge in [0.05, 0.1) is 0 Å². The van der Waals surface area contributed by atoms with Gasteiger partial charge in [0.15, 0.2) is 0 Å². The third kappa shape index (κ3) is 8.55. The van der Waals surface area contributed by atoms with Crippen LogP contribution in [0.3, 0.4) is 0 Å². The maximum absolute atomic E-state index is 9.54. The minimum atomic E-state index is -0.129. The van der Waals surface area contributed by atoms with Crippen molar-refractivity contribution in [3.05, 3.63) is 119 Å². The second-order valence-electron chi connectivity index (χ2n) is 12.3. The highest BCUT2D eigenvalue weighted by Crippen LogP contribution is 2.40. The van der Waals surface area contributed by atoms with E-state index in [1.54, 1.807) is 48.5 Å². The first-order valence-corrected chi connectivity index (χ1v) is 15.2. The lowest BCUT2D eigenvalue weighted by Crippen LogP contribution is -2.25. The molecule has 0 spiro atoms. The van der Waals surface area contributed by atoms with Gasteiger partial charge in [0, 0.05) is 10.8 Å². The molecule has 0 saturated carbocycles. The van der Waals surface area contributed by atoms with Gasteiger partial charge in [0.2, 0.25) is 0 Å². The highest BCUT2D eigenvalue weighted by Gasteiger charge is 2.30. The fourth-order valence-corrected chi connectivity index (χ4v) is 5.90. The monoisotopic (exact) mass is 568 g/mol. The summed E-state index contributed by atoms with van der Waals surface area (Å²) < 4.78 is 0. The second kappa shape index (κ2) is 14.8. The third-order valence-corrected chi connectivity index (χ3v) is 8.36. The molecule has 0 aromatic heterocycles. The standard InChI is InChI=1S/C20H26O2.C18H22O2/c1-3-4-5-6-15-20(2,16-7-11-18(21)12-8-16)17-9-13-19(22)14-10-17;1-13(2)12-18(3,14-4-8-16(19)9-5-14)15-6-10-17(20)11-7-15/h7-14,21-22H,3-6,15H2,1-2H3;4-11,13,19-20H,12H2,1-3H3. The first-order chi connectivity index (χ1) is 20.0. The SMILES string of the molecule is CC(C)CC(C)(c1ccc(O)cc1)c1ccc(O)cc1.CCCCCCC(C)(c1ccc(O)cc1)c1ccc(O)cc1. The highest BCUT2D eigenvalue weighted by molar-refractivity contribution is 5.43. The number of rotatable bonds is 11. The Hall–Kier alpha value is -3.92. The Bertz CT molecular complexity index is 1250. The molecule has 4 aromatic rings. The molecule has 0 aliphatic heterocycles. The molecule has 4 heteroatoms. The normalized spacial score (nSPS) is 11.7. The van der Waals surface area contributed by atoms with Crippen LogP contribution in [0.2, 0.25) is 0 Å². The van der Waals surface area contributed by atoms with Gasteiger partial charge in [-0.05, 0) is 89.5 Å². The van der Waals surface area contributed by atoms with Gasteiger partial charge in [-0.25, -0.2) is 0 Å². The first-order valence-electron chi connectivity index (χ1n) is 15.2. The zero-order valence-electron chi connectivity index (χ0n) is 25.8. The Morgan fingerprint density at radius 1 is 0.476 bits per heavy atom. The summed E-state index contributed by atoms with van der Waals surface area (Å²) in [5.74, 6) is 1.70. The molecular formula is C38H48O4. The van der Waals surface area contributed by atoms with E-state index in [1.807, 2.05) is 48.5 Å². The maximum atomic E-state index is 9.54. The van der Waals surface area contributed by atoms with E-state index in [9.17, 15) is 20.4 Å². The van der Waals surface area contributed by atoms with Crippen molar-refractivity contribution >= 4 is 0 Å². The molecule has 0 bridgehead atoms. The van der Waals surface area contributed by atoms with Gasteiger partial charge >= 0.3 is 0 Å². The van der Waals surface area contributed by atoms with Crippen molar-refractivity contribution in [3.63, 3.8) is 0 Å². The van der Waals surface area contributed by atoms with Crippen LogP contribution in [-0.2, 0) is 10.8 Å². The van der Waals surface area contributed by atoms with Crippen molar-refractivity contribution in [3.8, 4) is 23.0 Å². The van der Waals surface area contributed by atoms with E-state index in [1.165, 1.54) is 47.9 Å². The molecule has 0 saturated heterocycles. The fourth-order valence-electron chi connectivity index (χ4n) is 5.90. The van der Waals surface area contributed by atoms with Crippen LogP contribution in [0.5, 0.6) is 23.0 Å². The van der Waals surface area contributed by atoms with Gasteiger partial charge in [0.25, 0.3) is 0 Å². The van der Waals surface area contributed by atoms with Gasteiger partial charge in [-0.15, -0.1) is 0 Å². The predicted molar refractivity (Wildman–Crippen MR) is 174 cm³/mol. The average Bonchev–Trinajstić information content (AvgIpc) is 2.96. The van der Waals surface area contributed by atoms with Crippen LogP contribution in [0, 0.1) is 5.92 Å². The molecule has 224 valence electrons. The summed E-state index contributed by atoms with van der Waals surface area (Å²) in [7, 11) is 0. The second-order valence-corrected chi connectivity index (χ2v) is 12.3. The maximum Gasteiger partial charge on any atom is 0.115 e. The van der Waals surface area contributed by atoms with Crippen LogP contribution in [0.15, 0.2) is 97.1 Å². The Kier molecular flexibility index (Phi) is 11.5. The van der Waals surface area contributed by atoms with Crippen molar-refractivity contribution in [2.24, 2.45) is 5.92 Å². The summed E-state index contributed by atoms with van der Waals surface area (Å²) >= 11 is 0. The van der Waals surface area contributed by atoms with Crippen LogP contribution >= 0.6 is 0 Å². The Morgan fingerprint density at radius 3 is 1.07 bits per heavy atom. The third-order valence-electron chi connectivity index (χ3n) is 8.36. The van der Waals surface area contributed by atoms with Gasteiger partial charge in [-0.2, -0.15) is 0 Å². The molecule has 4 rings (SSSR count). The molecule has 4 N–H and O–H groups in total. The summed E-state index contributed by atoms with van der Waals surface area (Å²) in [6, 6.07) is 29.8. The number of phenolic OH excluding ortho intramolecular Hbond substituents is 4. The number of aromatic hydroxyl groups is 4. The summed E-state index contributed by atoms with van der Waals surface area (Å²) in [4.78, 5) is 0. The van der Waals surface area contributed by atoms with Crippen LogP contribution < -0.4 is 0 Å². The van der Waals surface area contributed by atoms with Crippen LogP contribution in [0.25, 0.3) is 0 Å². The van der Waals surface area contributed by atoms with E-state index < -0.39 is 0 Å². The van der Waals surface area contributed by atoms with Crippen molar-refractivity contribution in [1.29, 1.82) is 0 Å². The van der Waals surface area contributed by atoms with E-state index in [-0.39, 0.29) is 22.3 Å². The Morgan fingerprint density at radius 2 is 0.786 bits per heavy atom. The number of unbranched alkanes of at least 4 members (excludes halogenated alkanes) is 3. The molecule has 0 radical (unpaired) electrons. The zero-order valence-corrected chi connectivity index (χ0v) is 25.8. The van der Waals surface area contributed by atoms with Crippen LogP contribution in [0.1, 0.15) is 95.4 Å². The van der Waals surface area contributed by atoms with E-state index in [0.29, 0.717) is 17.4 Å². The molecule has 0 aliphatic rings. The van der Waals surface area contributed by atoms with Crippen molar-refractivity contribution in [2.45, 2.75) is 84.0 Å². The van der Waals surface area contributed by atoms with Crippen molar-refractivity contribution in [2.75, 3.05) is 0 Å². The lowest BCUT2D eigenvalue weighted by Gasteiger charge is -2.33. The summed E-state index contributed by atoms with van der Waals surface area (Å²) in [6.07, 6.45) is 6.97. The highest BCUT2D eigenvalue weighted by atomic mass is 16.3. The summed E-state index contributed by atoms with van der Waals surface area (Å²) in [5, 5.41) is 38.0. The van der Waals surface area contributed by atoms with Crippen molar-refractivity contribution < 1.29 is 20.4 Å². The lowest BCUT2D eigenvalue weighted by molar-refractivity contribution is 0.424. The number of hydrogen-bond acceptors (Lipinski definition) is 4. The Balaban J connectivity index is 0.000000231. The largest absolute Gasteiger partial charge is 0.508 e. The molecule has 4 aromatic carbocycles. The first kappa shape index (κ1) is 32.6. The van der Waals surface area contributed by atoms with Gasteiger partial charge in [0.1, 0.15) is 23.0 Å². The molecular weight excluding hydrogens is 520 g/mol. The zero-order chi connectivity index (χ0) is 30.8. The number of benzene rings is 4. The van der Waals surface area contributed by atoms with Crippen LogP contribution in [-0.4, -0.2) is 20.4 Å². The molecule has 0 unspecified atom stereocenters. The molecule has 42 heavy (non-hydrogen) atoms. The Labute approximate surface area is 252 Å². The minimum absolute atomic E-state index is 0.102. The molecule has 0 aliphatic carbocycles. The molecule has 0 amide bonds. The fraction of sp³-hybridized carbons (Fsp3) is 0.368. The average molecular weight is 569 g/mol. The smallest absolute Gasteiger partial charge is 0.115 e. The summed E-state index contributed by atoms with van der Waals surface area (Å²) in [6.45, 7) is 11.1. The van der Waals surface area contributed by atoms with Gasteiger partial charge in [-0.3, -0.25) is 0 Å². The van der Waals surface area contributed by atoms with Gasteiger partial charge in [-0.1, -0.05) is 109 Å². The van der Waals surface area contributed by atoms with E-state index in [0.717, 1.165) is 12.8 Å². The van der Waals surface area contributed by atoms with Crippen molar-refractivity contribution in [1.82, 2.24) is 0 Å². The lowest BCUT2D eigenvalue weighted by atomic mass is 9.71. The molecule has 4 nitrogen and oxygen atoms in total. The van der Waals surface area contributed by atoms with Gasteiger partial charge < -0.3 is 20.4 Å². The van der Waals surface area contributed by atoms with Crippen LogP contribution in [0.4, 0.5) is 0 Å². The van der Waals surface area contributed by atoms with E-state index in [2.05, 4.69) is 34.6 Å². The summed E-state index contributed by atoms with van der Waals surface area (Å²) in [5.41, 5.74) is 4.52. The predicted octanol–water partition coefficient (Wildman–Crippen LogP) is 9.82. The molecule has 0 atom stereocenters. The minimum Gasteiger partial charge on any atom is -0.508 e. The van der Waals surface area contributed by atoms with E-state index >= 15 is 0 Å².